The predicted octanol–water partition coefficient (Wildman–Crippen LogP) is 0.377. The van der Waals surface area contributed by atoms with Crippen molar-refractivity contribution < 1.29 is 33.3 Å². The lowest BCUT2D eigenvalue weighted by Gasteiger charge is -2.41. The Bertz CT molecular complexity index is 1250. The van der Waals surface area contributed by atoms with Crippen LogP contribution in [0.1, 0.15) is 40.8 Å². The van der Waals surface area contributed by atoms with Gasteiger partial charge in [-0.05, 0) is 25.4 Å². The SMILES string of the molecule is CCn1c(=O)c2nc(Cl)n(C3OCC(OC(C)=O)C(OC(C)=O)C3OC(C)=O)c2n(CC)c1=O. The number of aryl methyl sites for hydroxylation is 1. The molecule has 0 aliphatic carbocycles. The van der Waals surface area contributed by atoms with Gasteiger partial charge in [0.15, 0.2) is 35.7 Å². The zero-order chi connectivity index (χ0) is 25.3. The van der Waals surface area contributed by atoms with E-state index in [1.54, 1.807) is 13.8 Å². The number of halogens is 1. The molecule has 186 valence electrons. The van der Waals surface area contributed by atoms with E-state index in [9.17, 15) is 24.0 Å². The molecule has 0 radical (unpaired) electrons. The number of rotatable bonds is 6. The zero-order valence-corrected chi connectivity index (χ0v) is 20.0. The molecule has 34 heavy (non-hydrogen) atoms. The average Bonchev–Trinajstić information content (AvgIpc) is 3.07. The Labute approximate surface area is 198 Å². The molecule has 0 spiro atoms. The highest BCUT2D eigenvalue weighted by Gasteiger charge is 2.49. The van der Waals surface area contributed by atoms with Crippen LogP contribution in [0.3, 0.4) is 0 Å². The van der Waals surface area contributed by atoms with Crippen LogP contribution >= 0.6 is 11.6 Å². The minimum Gasteiger partial charge on any atom is -0.456 e. The molecule has 0 N–H and O–H groups in total. The number of nitrogens with zero attached hydrogens (tertiary/aromatic N) is 4. The van der Waals surface area contributed by atoms with Crippen LogP contribution in [0.2, 0.25) is 5.28 Å². The van der Waals surface area contributed by atoms with Gasteiger partial charge in [-0.2, -0.15) is 0 Å². The van der Waals surface area contributed by atoms with Crippen LogP contribution in [0.25, 0.3) is 11.2 Å². The summed E-state index contributed by atoms with van der Waals surface area (Å²) in [7, 11) is 0. The third-order valence-electron chi connectivity index (χ3n) is 5.22. The van der Waals surface area contributed by atoms with Crippen molar-refractivity contribution in [3.8, 4) is 0 Å². The Morgan fingerprint density at radius 3 is 2.06 bits per heavy atom. The fraction of sp³-hybridized carbons (Fsp3) is 0.600. The summed E-state index contributed by atoms with van der Waals surface area (Å²) in [5.74, 6) is -2.14. The fourth-order valence-corrected chi connectivity index (χ4v) is 4.24. The van der Waals surface area contributed by atoms with E-state index in [0.717, 1.165) is 25.3 Å². The molecule has 0 aromatic carbocycles. The van der Waals surface area contributed by atoms with Gasteiger partial charge in [-0.1, -0.05) is 0 Å². The normalized spacial score (nSPS) is 22.4. The van der Waals surface area contributed by atoms with E-state index in [0.29, 0.717) is 0 Å². The van der Waals surface area contributed by atoms with Crippen molar-refractivity contribution in [2.45, 2.75) is 72.2 Å². The van der Waals surface area contributed by atoms with Crippen LogP contribution < -0.4 is 11.2 Å². The number of hydrogen-bond donors (Lipinski definition) is 0. The summed E-state index contributed by atoms with van der Waals surface area (Å²) in [6.07, 6.45) is -4.99. The first-order chi connectivity index (χ1) is 16.0. The smallest absolute Gasteiger partial charge is 0.332 e. The summed E-state index contributed by atoms with van der Waals surface area (Å²) >= 11 is 6.40. The molecule has 1 fully saturated rings. The molecule has 0 saturated carbocycles. The number of ether oxygens (including phenoxy) is 4. The lowest BCUT2D eigenvalue weighted by atomic mass is 10.0. The van der Waals surface area contributed by atoms with Crippen molar-refractivity contribution in [2.24, 2.45) is 0 Å². The number of esters is 3. The van der Waals surface area contributed by atoms with E-state index < -0.39 is 53.7 Å². The number of fused-ring (bicyclic) bond motifs is 1. The highest BCUT2D eigenvalue weighted by Crippen LogP contribution is 2.34. The van der Waals surface area contributed by atoms with Crippen LogP contribution in [0.15, 0.2) is 9.59 Å². The van der Waals surface area contributed by atoms with Gasteiger partial charge in [0.1, 0.15) is 0 Å². The summed E-state index contributed by atoms with van der Waals surface area (Å²) in [6.45, 7) is 6.79. The third kappa shape index (κ3) is 4.57. The summed E-state index contributed by atoms with van der Waals surface area (Å²) in [4.78, 5) is 65.4. The zero-order valence-electron chi connectivity index (χ0n) is 19.3. The van der Waals surface area contributed by atoms with Gasteiger partial charge < -0.3 is 18.9 Å². The molecule has 2 aromatic rings. The van der Waals surface area contributed by atoms with Gasteiger partial charge in [0, 0.05) is 33.9 Å². The summed E-state index contributed by atoms with van der Waals surface area (Å²) in [5.41, 5.74) is -1.29. The Morgan fingerprint density at radius 2 is 1.53 bits per heavy atom. The van der Waals surface area contributed by atoms with Crippen LogP contribution in [0.5, 0.6) is 0 Å². The molecule has 4 unspecified atom stereocenters. The third-order valence-corrected chi connectivity index (χ3v) is 5.49. The van der Waals surface area contributed by atoms with E-state index >= 15 is 0 Å². The van der Waals surface area contributed by atoms with E-state index in [1.807, 2.05) is 0 Å². The molecule has 1 saturated heterocycles. The van der Waals surface area contributed by atoms with Crippen LogP contribution in [0.4, 0.5) is 0 Å². The molecule has 2 aromatic heterocycles. The molecule has 1 aliphatic heterocycles. The molecular weight excluding hydrogens is 476 g/mol. The Balaban J connectivity index is 2.27. The second-order valence-corrected chi connectivity index (χ2v) is 7.86. The Kier molecular flexibility index (Phi) is 7.46. The average molecular weight is 501 g/mol. The van der Waals surface area contributed by atoms with Gasteiger partial charge in [0.2, 0.25) is 5.28 Å². The monoisotopic (exact) mass is 500 g/mol. The van der Waals surface area contributed by atoms with Crippen LogP contribution in [0, 0.1) is 0 Å². The molecule has 4 atom stereocenters. The Morgan fingerprint density at radius 1 is 0.971 bits per heavy atom. The maximum absolute atomic E-state index is 12.9. The highest BCUT2D eigenvalue weighted by atomic mass is 35.5. The maximum atomic E-state index is 12.9. The highest BCUT2D eigenvalue weighted by molar-refractivity contribution is 6.29. The van der Waals surface area contributed by atoms with Crippen molar-refractivity contribution >= 4 is 40.7 Å². The number of carbonyl (C=O) groups excluding carboxylic acids is 3. The van der Waals surface area contributed by atoms with Gasteiger partial charge in [-0.15, -0.1) is 0 Å². The topological polar surface area (TPSA) is 150 Å². The van der Waals surface area contributed by atoms with Crippen molar-refractivity contribution in [3.63, 3.8) is 0 Å². The lowest BCUT2D eigenvalue weighted by Crippen LogP contribution is -2.55. The molecule has 1 aliphatic rings. The molecule has 0 amide bonds. The van der Waals surface area contributed by atoms with Gasteiger partial charge >= 0.3 is 23.6 Å². The van der Waals surface area contributed by atoms with Crippen LogP contribution in [-0.4, -0.2) is 61.5 Å². The van der Waals surface area contributed by atoms with Crippen molar-refractivity contribution in [1.82, 2.24) is 18.7 Å². The van der Waals surface area contributed by atoms with Crippen molar-refractivity contribution in [3.05, 3.63) is 26.1 Å². The maximum Gasteiger partial charge on any atom is 0.332 e. The van der Waals surface area contributed by atoms with Crippen molar-refractivity contribution in [2.75, 3.05) is 6.61 Å². The number of aromatic nitrogens is 4. The molecule has 13 nitrogen and oxygen atoms in total. The largest absolute Gasteiger partial charge is 0.456 e. The van der Waals surface area contributed by atoms with E-state index in [2.05, 4.69) is 4.98 Å². The van der Waals surface area contributed by atoms with Crippen molar-refractivity contribution in [1.29, 1.82) is 0 Å². The van der Waals surface area contributed by atoms with Gasteiger partial charge in [-0.25, -0.2) is 9.78 Å². The number of imidazole rings is 1. The first-order valence-corrected chi connectivity index (χ1v) is 10.9. The Hall–Kier alpha value is -3.19. The van der Waals surface area contributed by atoms with Gasteiger partial charge in [0.25, 0.3) is 5.56 Å². The quantitative estimate of drug-likeness (QED) is 0.309. The molecular formula is C20H25ClN4O9. The second kappa shape index (κ2) is 9.97. The standard InChI is InChI=1S/C20H25ClN4O9/c1-6-23-16-13(17(29)24(7-2)20(23)30)22-19(21)25(16)18-15(34-11(5)28)14(33-10(4)27)12(8-31-18)32-9(3)26/h12,14-15,18H,6-8H2,1-5H3. The summed E-state index contributed by atoms with van der Waals surface area (Å²) in [5, 5.41) is -0.225. The lowest BCUT2D eigenvalue weighted by molar-refractivity contribution is -0.239. The molecule has 3 rings (SSSR count). The van der Waals surface area contributed by atoms with E-state index in [-0.39, 0.29) is 36.1 Å². The minimum absolute atomic E-state index is 0.0434. The summed E-state index contributed by atoms with van der Waals surface area (Å²) < 4.78 is 25.4. The number of hydrogen-bond acceptors (Lipinski definition) is 10. The van der Waals surface area contributed by atoms with Gasteiger partial charge in [0.05, 0.1) is 6.61 Å². The van der Waals surface area contributed by atoms with Gasteiger partial charge in [-0.3, -0.25) is 32.9 Å². The van der Waals surface area contributed by atoms with E-state index in [1.165, 1.54) is 9.13 Å². The molecule has 0 bridgehead atoms. The minimum atomic E-state index is -1.36. The summed E-state index contributed by atoms with van der Waals surface area (Å²) in [6, 6.07) is 0. The molecule has 3 heterocycles. The number of carbonyl (C=O) groups is 3. The fourth-order valence-electron chi connectivity index (χ4n) is 3.98. The van der Waals surface area contributed by atoms with Crippen LogP contribution in [-0.2, 0) is 46.4 Å². The molecule has 14 heteroatoms. The predicted molar refractivity (Wildman–Crippen MR) is 116 cm³/mol. The first-order valence-electron chi connectivity index (χ1n) is 10.6. The first kappa shape index (κ1) is 25.4. The second-order valence-electron chi connectivity index (χ2n) is 7.52. The van der Waals surface area contributed by atoms with E-state index in [4.69, 9.17) is 30.5 Å².